The van der Waals surface area contributed by atoms with Gasteiger partial charge in [-0.2, -0.15) is 0 Å². The second kappa shape index (κ2) is 9.91. The molecule has 0 aliphatic carbocycles. The summed E-state index contributed by atoms with van der Waals surface area (Å²) in [7, 11) is 1.57. The van der Waals surface area contributed by atoms with E-state index in [1.807, 2.05) is 4.90 Å². The summed E-state index contributed by atoms with van der Waals surface area (Å²) in [4.78, 5) is 25.6. The van der Waals surface area contributed by atoms with Crippen LogP contribution in [-0.4, -0.2) is 50.1 Å². The number of carbonyl (C=O) groups is 2. The zero-order valence-electron chi connectivity index (χ0n) is 15.2. The third-order valence-electron chi connectivity index (χ3n) is 4.24. The van der Waals surface area contributed by atoms with Crippen LogP contribution >= 0.6 is 0 Å². The molecule has 1 aliphatic heterocycles. The number of rotatable bonds is 10. The van der Waals surface area contributed by atoms with Gasteiger partial charge in [-0.25, -0.2) is 0 Å². The molecular weight excluding hydrogens is 320 g/mol. The van der Waals surface area contributed by atoms with Crippen LogP contribution < -0.4 is 14.8 Å². The van der Waals surface area contributed by atoms with Gasteiger partial charge in [0.25, 0.3) is 5.91 Å². The van der Waals surface area contributed by atoms with Crippen LogP contribution in [0.5, 0.6) is 11.5 Å². The fourth-order valence-corrected chi connectivity index (χ4v) is 2.77. The Bertz CT molecular complexity index is 589. The zero-order chi connectivity index (χ0) is 18.1. The van der Waals surface area contributed by atoms with Gasteiger partial charge in [0.15, 0.2) is 11.5 Å². The van der Waals surface area contributed by atoms with Crippen molar-refractivity contribution in [2.24, 2.45) is 0 Å². The van der Waals surface area contributed by atoms with E-state index in [1.54, 1.807) is 25.3 Å². The average molecular weight is 348 g/mol. The molecule has 2 rings (SSSR count). The Morgan fingerprint density at radius 1 is 1.28 bits per heavy atom. The second-order valence-corrected chi connectivity index (χ2v) is 6.16. The summed E-state index contributed by atoms with van der Waals surface area (Å²) in [5.74, 6) is 1.28. The predicted octanol–water partition coefficient (Wildman–Crippen LogP) is 2.62. The molecule has 0 bridgehead atoms. The molecule has 1 saturated heterocycles. The Kier molecular flexibility index (Phi) is 7.57. The van der Waals surface area contributed by atoms with E-state index in [0.29, 0.717) is 43.2 Å². The normalized spacial score (nSPS) is 13.8. The fourth-order valence-electron chi connectivity index (χ4n) is 2.77. The van der Waals surface area contributed by atoms with Crippen molar-refractivity contribution in [2.75, 3.05) is 33.4 Å². The van der Waals surface area contributed by atoms with E-state index in [0.717, 1.165) is 32.2 Å². The lowest BCUT2D eigenvalue weighted by atomic mass is 10.2. The quantitative estimate of drug-likeness (QED) is 0.660. The lowest BCUT2D eigenvalue weighted by Crippen LogP contribution is -2.30. The van der Waals surface area contributed by atoms with Gasteiger partial charge in [-0.05, 0) is 37.5 Å². The molecule has 2 amide bonds. The molecule has 0 saturated carbocycles. The van der Waals surface area contributed by atoms with E-state index in [4.69, 9.17) is 9.47 Å². The molecule has 0 aromatic heterocycles. The van der Waals surface area contributed by atoms with E-state index in [1.165, 1.54) is 0 Å². The molecule has 138 valence electrons. The Hall–Kier alpha value is -2.24. The number of nitrogens with one attached hydrogen (secondary N) is 1. The molecule has 25 heavy (non-hydrogen) atoms. The van der Waals surface area contributed by atoms with Crippen molar-refractivity contribution in [3.05, 3.63) is 23.8 Å². The van der Waals surface area contributed by atoms with Gasteiger partial charge in [0.1, 0.15) is 0 Å². The Morgan fingerprint density at radius 3 is 2.80 bits per heavy atom. The largest absolute Gasteiger partial charge is 0.493 e. The van der Waals surface area contributed by atoms with Crippen molar-refractivity contribution >= 4 is 11.8 Å². The SMILES string of the molecule is CCCCOc1ccc(C(=O)NCCCN2CCCC2=O)cc1OC. The Balaban J connectivity index is 1.81. The molecule has 1 fully saturated rings. The van der Waals surface area contributed by atoms with Crippen LogP contribution in [0.2, 0.25) is 0 Å². The van der Waals surface area contributed by atoms with Crippen LogP contribution in [0.25, 0.3) is 0 Å². The molecule has 1 aromatic carbocycles. The lowest BCUT2D eigenvalue weighted by Gasteiger charge is -2.15. The van der Waals surface area contributed by atoms with Crippen LogP contribution in [0.3, 0.4) is 0 Å². The monoisotopic (exact) mass is 348 g/mol. The van der Waals surface area contributed by atoms with Crippen molar-refractivity contribution in [3.8, 4) is 11.5 Å². The van der Waals surface area contributed by atoms with Crippen LogP contribution in [-0.2, 0) is 4.79 Å². The van der Waals surface area contributed by atoms with Gasteiger partial charge < -0.3 is 19.7 Å². The van der Waals surface area contributed by atoms with Crippen molar-refractivity contribution < 1.29 is 19.1 Å². The number of carbonyl (C=O) groups excluding carboxylic acids is 2. The summed E-state index contributed by atoms with van der Waals surface area (Å²) >= 11 is 0. The van der Waals surface area contributed by atoms with Crippen LogP contribution in [0.4, 0.5) is 0 Å². The fraction of sp³-hybridized carbons (Fsp3) is 0.579. The summed E-state index contributed by atoms with van der Waals surface area (Å²) in [5, 5.41) is 2.89. The van der Waals surface area contributed by atoms with Gasteiger partial charge >= 0.3 is 0 Å². The first-order chi connectivity index (χ1) is 12.2. The van der Waals surface area contributed by atoms with Gasteiger partial charge in [0, 0.05) is 31.6 Å². The molecule has 1 heterocycles. The molecule has 1 aliphatic rings. The second-order valence-electron chi connectivity index (χ2n) is 6.16. The molecule has 0 unspecified atom stereocenters. The molecule has 0 atom stereocenters. The highest BCUT2D eigenvalue weighted by Gasteiger charge is 2.19. The minimum absolute atomic E-state index is 0.147. The molecule has 1 N–H and O–H groups in total. The van der Waals surface area contributed by atoms with Crippen molar-refractivity contribution in [3.63, 3.8) is 0 Å². The summed E-state index contributed by atoms with van der Waals surface area (Å²) in [5.41, 5.74) is 0.539. The summed E-state index contributed by atoms with van der Waals surface area (Å²) in [6, 6.07) is 5.20. The van der Waals surface area contributed by atoms with Gasteiger partial charge in [-0.1, -0.05) is 13.3 Å². The molecule has 0 spiro atoms. The smallest absolute Gasteiger partial charge is 0.251 e. The van der Waals surface area contributed by atoms with E-state index in [-0.39, 0.29) is 11.8 Å². The average Bonchev–Trinajstić information content (AvgIpc) is 3.04. The van der Waals surface area contributed by atoms with E-state index in [9.17, 15) is 9.59 Å². The molecule has 1 aromatic rings. The number of amides is 2. The number of hydrogen-bond acceptors (Lipinski definition) is 4. The first-order valence-electron chi connectivity index (χ1n) is 9.02. The van der Waals surface area contributed by atoms with Crippen LogP contribution in [0.1, 0.15) is 49.4 Å². The number of hydrogen-bond donors (Lipinski definition) is 1. The minimum Gasteiger partial charge on any atom is -0.493 e. The molecule has 6 heteroatoms. The van der Waals surface area contributed by atoms with Crippen LogP contribution in [0.15, 0.2) is 18.2 Å². The van der Waals surface area contributed by atoms with Crippen molar-refractivity contribution in [1.29, 1.82) is 0 Å². The van der Waals surface area contributed by atoms with Gasteiger partial charge in [-0.3, -0.25) is 9.59 Å². The highest BCUT2D eigenvalue weighted by molar-refractivity contribution is 5.94. The van der Waals surface area contributed by atoms with Crippen LogP contribution in [0, 0.1) is 0 Å². The minimum atomic E-state index is -0.147. The standard InChI is InChI=1S/C19H28N2O4/c1-3-4-13-25-16-9-8-15(14-17(16)24-2)19(23)20-10-6-12-21-11-5-7-18(21)22/h8-9,14H,3-7,10-13H2,1-2H3,(H,20,23). The van der Waals surface area contributed by atoms with Gasteiger partial charge in [0.2, 0.25) is 5.91 Å². The maximum atomic E-state index is 12.3. The van der Waals surface area contributed by atoms with E-state index >= 15 is 0 Å². The zero-order valence-corrected chi connectivity index (χ0v) is 15.2. The molecule has 0 radical (unpaired) electrons. The number of nitrogens with zero attached hydrogens (tertiary/aromatic N) is 1. The number of methoxy groups -OCH3 is 1. The first kappa shape index (κ1) is 19.1. The number of likely N-dealkylation sites (tertiary alicyclic amines) is 1. The lowest BCUT2D eigenvalue weighted by molar-refractivity contribution is -0.127. The maximum Gasteiger partial charge on any atom is 0.251 e. The number of benzene rings is 1. The van der Waals surface area contributed by atoms with E-state index in [2.05, 4.69) is 12.2 Å². The van der Waals surface area contributed by atoms with Crippen molar-refractivity contribution in [1.82, 2.24) is 10.2 Å². The summed E-state index contributed by atoms with van der Waals surface area (Å²) in [6.07, 6.45) is 4.39. The highest BCUT2D eigenvalue weighted by Crippen LogP contribution is 2.28. The predicted molar refractivity (Wildman–Crippen MR) is 96.2 cm³/mol. The topological polar surface area (TPSA) is 67.9 Å². The Labute approximate surface area is 149 Å². The first-order valence-corrected chi connectivity index (χ1v) is 9.02. The number of unbranched alkanes of at least 4 members (excludes halogenated alkanes) is 1. The Morgan fingerprint density at radius 2 is 2.12 bits per heavy atom. The maximum absolute atomic E-state index is 12.3. The third-order valence-corrected chi connectivity index (χ3v) is 4.24. The highest BCUT2D eigenvalue weighted by atomic mass is 16.5. The summed E-state index contributed by atoms with van der Waals surface area (Å²) < 4.78 is 11.0. The van der Waals surface area contributed by atoms with Crippen molar-refractivity contribution in [2.45, 2.75) is 39.0 Å². The molecular formula is C19H28N2O4. The van der Waals surface area contributed by atoms with Gasteiger partial charge in [-0.15, -0.1) is 0 Å². The molecule has 6 nitrogen and oxygen atoms in total. The summed E-state index contributed by atoms with van der Waals surface area (Å²) in [6.45, 7) is 4.82. The third kappa shape index (κ3) is 5.66. The number of ether oxygens (including phenoxy) is 2. The van der Waals surface area contributed by atoms with Gasteiger partial charge in [0.05, 0.1) is 13.7 Å². The van der Waals surface area contributed by atoms with E-state index < -0.39 is 0 Å².